The second-order valence-corrected chi connectivity index (χ2v) is 8.34. The molecule has 8 heteroatoms. The average Bonchev–Trinajstić information content (AvgIpc) is 2.73. The Morgan fingerprint density at radius 2 is 1.83 bits per heavy atom. The van der Waals surface area contributed by atoms with Crippen LogP contribution in [0.15, 0.2) is 29.3 Å². The fourth-order valence-electron chi connectivity index (χ4n) is 3.51. The Morgan fingerprint density at radius 3 is 2.45 bits per heavy atom. The van der Waals surface area contributed by atoms with Gasteiger partial charge in [-0.25, -0.2) is 4.98 Å². The summed E-state index contributed by atoms with van der Waals surface area (Å²) in [4.78, 5) is 15.3. The summed E-state index contributed by atoms with van der Waals surface area (Å²) in [5.41, 5.74) is 7.64. The standard InChI is InChI=1S/C21H20ClN5OS/c22-14-8-6-13(7-9-14)19-16(10-23)20(25)27-21(17(19)11-24)29-12-18(28)26-15-4-2-1-3-5-15/h6-9,15H,1-5,12H2,(H2,25,27)(H,26,28)/p+1. The molecule has 1 aromatic carbocycles. The Hall–Kier alpha value is -2.74. The number of H-pyrrole nitrogens is 1. The molecule has 1 heterocycles. The van der Waals surface area contributed by atoms with E-state index in [1.54, 1.807) is 24.3 Å². The number of carbonyl (C=O) groups is 1. The summed E-state index contributed by atoms with van der Waals surface area (Å²) < 4.78 is 0. The fourth-order valence-corrected chi connectivity index (χ4v) is 4.47. The highest BCUT2D eigenvalue weighted by Crippen LogP contribution is 2.34. The van der Waals surface area contributed by atoms with Crippen molar-refractivity contribution in [3.8, 4) is 23.3 Å². The Labute approximate surface area is 179 Å². The van der Waals surface area contributed by atoms with E-state index < -0.39 is 0 Å². The van der Waals surface area contributed by atoms with Crippen molar-refractivity contribution in [2.45, 2.75) is 43.2 Å². The number of halogens is 1. The summed E-state index contributed by atoms with van der Waals surface area (Å²) in [7, 11) is 0. The Balaban J connectivity index is 1.87. The number of nitrogens with two attached hydrogens (primary N) is 1. The van der Waals surface area contributed by atoms with Gasteiger partial charge in [0.1, 0.15) is 23.3 Å². The van der Waals surface area contributed by atoms with Crippen LogP contribution in [0, 0.1) is 22.7 Å². The third kappa shape index (κ3) is 5.00. The van der Waals surface area contributed by atoms with E-state index in [0.717, 1.165) is 25.7 Å². The summed E-state index contributed by atoms with van der Waals surface area (Å²) in [6, 6.07) is 11.3. The zero-order valence-electron chi connectivity index (χ0n) is 15.8. The molecule has 3 rings (SSSR count). The van der Waals surface area contributed by atoms with Gasteiger partial charge in [0.2, 0.25) is 5.91 Å². The van der Waals surface area contributed by atoms with Crippen molar-refractivity contribution in [1.82, 2.24) is 5.32 Å². The predicted molar refractivity (Wildman–Crippen MR) is 113 cm³/mol. The van der Waals surface area contributed by atoms with Crippen LogP contribution in [0.3, 0.4) is 0 Å². The van der Waals surface area contributed by atoms with E-state index in [1.165, 1.54) is 18.2 Å². The smallest absolute Gasteiger partial charge is 0.289 e. The lowest BCUT2D eigenvalue weighted by Gasteiger charge is -2.22. The molecule has 1 amide bonds. The molecular formula is C21H21ClN5OS+. The van der Waals surface area contributed by atoms with E-state index >= 15 is 0 Å². The third-order valence-electron chi connectivity index (χ3n) is 4.92. The lowest BCUT2D eigenvalue weighted by atomic mass is 9.95. The Morgan fingerprint density at radius 1 is 1.17 bits per heavy atom. The van der Waals surface area contributed by atoms with Gasteiger partial charge in [0, 0.05) is 16.6 Å². The minimum absolute atomic E-state index is 0.0739. The van der Waals surface area contributed by atoms with Gasteiger partial charge in [-0.1, -0.05) is 54.8 Å². The number of thioether (sulfide) groups is 1. The van der Waals surface area contributed by atoms with E-state index in [0.29, 0.717) is 21.2 Å². The predicted octanol–water partition coefficient (Wildman–Crippen LogP) is 3.69. The number of benzene rings is 1. The SMILES string of the molecule is N#Cc1c(N)[nH+]c(SCC(=O)NC2CCCCC2)c(C#N)c1-c1ccc(Cl)cc1. The van der Waals surface area contributed by atoms with Crippen LogP contribution in [0.25, 0.3) is 11.1 Å². The van der Waals surface area contributed by atoms with Gasteiger partial charge in [0.25, 0.3) is 5.82 Å². The number of nitrogen functional groups attached to an aromatic ring is 1. The number of carbonyl (C=O) groups excluding carboxylic acids is 1. The van der Waals surface area contributed by atoms with Crippen molar-refractivity contribution in [3.05, 3.63) is 40.4 Å². The van der Waals surface area contributed by atoms with Crippen LogP contribution in [0.4, 0.5) is 5.82 Å². The lowest BCUT2D eigenvalue weighted by Crippen LogP contribution is -2.37. The number of nitrogens with zero attached hydrogens (tertiary/aromatic N) is 2. The topological polar surface area (TPSA) is 117 Å². The number of nitriles is 2. The highest BCUT2D eigenvalue weighted by molar-refractivity contribution is 7.99. The van der Waals surface area contributed by atoms with Gasteiger partial charge in [-0.05, 0) is 30.5 Å². The molecule has 1 saturated carbocycles. The molecule has 29 heavy (non-hydrogen) atoms. The molecule has 4 N–H and O–H groups in total. The zero-order chi connectivity index (χ0) is 20.8. The molecule has 0 radical (unpaired) electrons. The minimum Gasteiger partial charge on any atom is -0.353 e. The van der Waals surface area contributed by atoms with Crippen molar-refractivity contribution in [2.24, 2.45) is 0 Å². The summed E-state index contributed by atoms with van der Waals surface area (Å²) in [6.07, 6.45) is 5.52. The van der Waals surface area contributed by atoms with Crippen molar-refractivity contribution in [2.75, 3.05) is 11.5 Å². The molecule has 1 aromatic heterocycles. The quantitative estimate of drug-likeness (QED) is 0.707. The maximum atomic E-state index is 12.4. The van der Waals surface area contributed by atoms with Gasteiger partial charge in [0.05, 0.1) is 5.75 Å². The summed E-state index contributed by atoms with van der Waals surface area (Å²) >= 11 is 7.17. The molecule has 1 aliphatic rings. The van der Waals surface area contributed by atoms with E-state index in [4.69, 9.17) is 17.3 Å². The molecule has 6 nitrogen and oxygen atoms in total. The van der Waals surface area contributed by atoms with Crippen LogP contribution in [0.2, 0.25) is 5.02 Å². The monoisotopic (exact) mass is 426 g/mol. The van der Waals surface area contributed by atoms with Crippen LogP contribution in [-0.2, 0) is 4.79 Å². The molecule has 0 atom stereocenters. The van der Waals surface area contributed by atoms with E-state index in [2.05, 4.69) is 22.4 Å². The third-order valence-corrected chi connectivity index (χ3v) is 6.17. The molecule has 148 valence electrons. The molecule has 0 spiro atoms. The Kier molecular flexibility index (Phi) is 6.98. The molecule has 1 fully saturated rings. The Bertz CT molecular complexity index is 988. The summed E-state index contributed by atoms with van der Waals surface area (Å²) in [5.74, 6) is 0.245. The van der Waals surface area contributed by atoms with Gasteiger partial charge < -0.3 is 5.32 Å². The number of hydrogen-bond acceptors (Lipinski definition) is 5. The maximum Gasteiger partial charge on any atom is 0.289 e. The number of aromatic nitrogens is 1. The number of hydrogen-bond donors (Lipinski definition) is 2. The lowest BCUT2D eigenvalue weighted by molar-refractivity contribution is -0.410. The number of nitrogens with one attached hydrogen (secondary N) is 2. The average molecular weight is 427 g/mol. The first-order chi connectivity index (χ1) is 14.0. The van der Waals surface area contributed by atoms with Gasteiger partial charge in [-0.3, -0.25) is 10.5 Å². The molecule has 0 aliphatic heterocycles. The van der Waals surface area contributed by atoms with Gasteiger partial charge >= 0.3 is 0 Å². The number of rotatable bonds is 5. The number of anilines is 1. The summed E-state index contributed by atoms with van der Waals surface area (Å²) in [6.45, 7) is 0. The minimum atomic E-state index is -0.0739. The van der Waals surface area contributed by atoms with Crippen molar-refractivity contribution >= 4 is 35.1 Å². The van der Waals surface area contributed by atoms with Crippen LogP contribution in [0.1, 0.15) is 43.2 Å². The highest BCUT2D eigenvalue weighted by Gasteiger charge is 2.24. The van der Waals surface area contributed by atoms with Crippen molar-refractivity contribution in [3.63, 3.8) is 0 Å². The van der Waals surface area contributed by atoms with E-state index in [1.807, 2.05) is 0 Å². The molecular weight excluding hydrogens is 406 g/mol. The first-order valence-corrected chi connectivity index (χ1v) is 10.8. The van der Waals surface area contributed by atoms with Gasteiger partial charge in [-0.2, -0.15) is 10.5 Å². The maximum absolute atomic E-state index is 12.4. The number of amides is 1. The van der Waals surface area contributed by atoms with Crippen molar-refractivity contribution < 1.29 is 9.78 Å². The van der Waals surface area contributed by atoms with Crippen molar-refractivity contribution in [1.29, 1.82) is 10.5 Å². The van der Waals surface area contributed by atoms with Gasteiger partial charge in [0.15, 0.2) is 5.03 Å². The van der Waals surface area contributed by atoms with Crippen LogP contribution >= 0.6 is 23.4 Å². The normalized spacial score (nSPS) is 14.0. The first-order valence-electron chi connectivity index (χ1n) is 9.40. The number of pyridine rings is 1. The molecule has 1 aliphatic carbocycles. The first kappa shape index (κ1) is 21.0. The molecule has 0 unspecified atom stereocenters. The molecule has 2 aromatic rings. The van der Waals surface area contributed by atoms with Crippen LogP contribution in [0.5, 0.6) is 0 Å². The second kappa shape index (κ2) is 9.65. The van der Waals surface area contributed by atoms with Gasteiger partial charge in [-0.15, -0.1) is 0 Å². The van der Waals surface area contributed by atoms with E-state index in [-0.39, 0.29) is 34.6 Å². The largest absolute Gasteiger partial charge is 0.353 e. The molecule has 0 saturated heterocycles. The van der Waals surface area contributed by atoms with E-state index in [9.17, 15) is 15.3 Å². The number of aromatic amines is 1. The summed E-state index contributed by atoms with van der Waals surface area (Å²) in [5, 5.41) is 23.4. The second-order valence-electron chi connectivity index (χ2n) is 6.91. The molecule has 0 bridgehead atoms. The highest BCUT2D eigenvalue weighted by atomic mass is 35.5. The zero-order valence-corrected chi connectivity index (χ0v) is 17.4. The van der Waals surface area contributed by atoms with Crippen LogP contribution < -0.4 is 16.0 Å². The fraction of sp³-hybridized carbons (Fsp3) is 0.333. The van der Waals surface area contributed by atoms with Crippen LogP contribution in [-0.4, -0.2) is 17.7 Å².